The maximum atomic E-state index is 13.1. The molecule has 3 heterocycles. The summed E-state index contributed by atoms with van der Waals surface area (Å²) < 4.78 is 12.1. The summed E-state index contributed by atoms with van der Waals surface area (Å²) in [7, 11) is 2.90. The Morgan fingerprint density at radius 2 is 2.05 bits per heavy atom. The van der Waals surface area contributed by atoms with Gasteiger partial charge in [0.05, 0.1) is 37.7 Å². The lowest BCUT2D eigenvalue weighted by atomic mass is 9.94. The monoisotopic (exact) mass is 529 g/mol. The highest BCUT2D eigenvalue weighted by Crippen LogP contribution is 2.34. The summed E-state index contributed by atoms with van der Waals surface area (Å²) in [4.78, 5) is 34.0. The molecular formula is C30H35N5O4. The summed E-state index contributed by atoms with van der Waals surface area (Å²) in [6.45, 7) is 1.59. The molecule has 1 amide bonds. The van der Waals surface area contributed by atoms with Gasteiger partial charge < -0.3 is 29.7 Å². The van der Waals surface area contributed by atoms with Crippen molar-refractivity contribution in [2.75, 3.05) is 38.0 Å². The number of anilines is 2. The Morgan fingerprint density at radius 3 is 2.85 bits per heavy atom. The fraction of sp³-hybridized carbons (Fsp3) is 0.367. The van der Waals surface area contributed by atoms with Gasteiger partial charge in [-0.2, -0.15) is 0 Å². The molecule has 0 radical (unpaired) electrons. The number of hydrogen-bond donors (Lipinski definition) is 3. The number of H-pyrrole nitrogens is 1. The molecule has 204 valence electrons. The van der Waals surface area contributed by atoms with E-state index in [1.165, 1.54) is 7.11 Å². The molecule has 1 atom stereocenters. The number of ether oxygens (including phenoxy) is 2. The molecule has 3 N–H and O–H groups in total. The van der Waals surface area contributed by atoms with E-state index in [1.54, 1.807) is 13.3 Å². The van der Waals surface area contributed by atoms with Crippen LogP contribution in [0.5, 0.6) is 0 Å². The van der Waals surface area contributed by atoms with Crippen molar-refractivity contribution in [3.05, 3.63) is 66.1 Å². The van der Waals surface area contributed by atoms with Crippen LogP contribution in [-0.2, 0) is 27.2 Å². The van der Waals surface area contributed by atoms with Gasteiger partial charge in [0.1, 0.15) is 5.65 Å². The van der Waals surface area contributed by atoms with Crippen molar-refractivity contribution >= 4 is 45.2 Å². The number of rotatable bonds is 11. The number of fused-ring (bicyclic) bond motifs is 2. The van der Waals surface area contributed by atoms with Gasteiger partial charge in [-0.25, -0.2) is 9.78 Å². The second-order valence-electron chi connectivity index (χ2n) is 9.89. The molecule has 0 bridgehead atoms. The van der Waals surface area contributed by atoms with Gasteiger partial charge in [-0.15, -0.1) is 0 Å². The van der Waals surface area contributed by atoms with Crippen LogP contribution in [0.4, 0.5) is 11.4 Å². The fourth-order valence-corrected chi connectivity index (χ4v) is 5.25. The normalized spacial score (nSPS) is 15.1. The molecule has 0 spiro atoms. The van der Waals surface area contributed by atoms with Gasteiger partial charge in [0.2, 0.25) is 5.91 Å². The van der Waals surface area contributed by atoms with Gasteiger partial charge in [0.15, 0.2) is 5.69 Å². The molecule has 1 aliphatic carbocycles. The third-order valence-electron chi connectivity index (χ3n) is 7.33. The zero-order valence-corrected chi connectivity index (χ0v) is 22.5. The lowest BCUT2D eigenvalue weighted by molar-refractivity contribution is -0.117. The number of carbonyl (C=O) groups excluding carboxylic acids is 2. The Balaban J connectivity index is 1.52. The van der Waals surface area contributed by atoms with Crippen LogP contribution < -0.4 is 10.6 Å². The van der Waals surface area contributed by atoms with Gasteiger partial charge >= 0.3 is 5.97 Å². The van der Waals surface area contributed by atoms with Gasteiger partial charge in [0.25, 0.3) is 0 Å². The standard InChI is InChI=1S/C30H35N5O4/c1-38-15-13-26(36)34-27-24-16-22(31-17-20-8-4-3-5-9-20)19-33-29(24)35(28(27)30(37)39-2)14-12-21-18-32-25-11-7-6-10-23(21)25/h3-4,6-7,10-11,16,18-20,31-32H,5,8-9,12-15,17H2,1-2H3,(H,34,36). The highest BCUT2D eigenvalue weighted by molar-refractivity contribution is 6.11. The second kappa shape index (κ2) is 12.2. The van der Waals surface area contributed by atoms with Gasteiger partial charge in [-0.05, 0) is 49.3 Å². The Kier molecular flexibility index (Phi) is 8.27. The first kappa shape index (κ1) is 26.5. The number of aromatic amines is 1. The van der Waals surface area contributed by atoms with Crippen LogP contribution in [0.25, 0.3) is 21.9 Å². The minimum atomic E-state index is -0.530. The molecule has 39 heavy (non-hydrogen) atoms. The number of hydrogen-bond acceptors (Lipinski definition) is 6. The Hall–Kier alpha value is -4.11. The number of nitrogens with one attached hydrogen (secondary N) is 3. The molecule has 0 saturated heterocycles. The predicted octanol–water partition coefficient (Wildman–Crippen LogP) is 5.29. The maximum Gasteiger partial charge on any atom is 0.356 e. The van der Waals surface area contributed by atoms with Crippen LogP contribution in [0.1, 0.15) is 41.7 Å². The number of benzene rings is 1. The molecule has 1 unspecified atom stereocenters. The highest BCUT2D eigenvalue weighted by Gasteiger charge is 2.26. The molecule has 5 rings (SSSR count). The van der Waals surface area contributed by atoms with E-state index in [0.29, 0.717) is 35.6 Å². The minimum absolute atomic E-state index is 0.166. The topological polar surface area (TPSA) is 110 Å². The van der Waals surface area contributed by atoms with E-state index < -0.39 is 5.97 Å². The van der Waals surface area contributed by atoms with Crippen molar-refractivity contribution in [2.24, 2.45) is 5.92 Å². The first-order chi connectivity index (χ1) is 19.1. The zero-order chi connectivity index (χ0) is 27.2. The molecular weight excluding hydrogens is 494 g/mol. The molecule has 0 saturated carbocycles. The number of aryl methyl sites for hydroxylation is 2. The number of carbonyl (C=O) groups is 2. The predicted molar refractivity (Wildman–Crippen MR) is 153 cm³/mol. The zero-order valence-electron chi connectivity index (χ0n) is 22.5. The van der Waals surface area contributed by atoms with Crippen molar-refractivity contribution in [3.63, 3.8) is 0 Å². The van der Waals surface area contributed by atoms with Crippen LogP contribution in [0.3, 0.4) is 0 Å². The Morgan fingerprint density at radius 1 is 1.18 bits per heavy atom. The maximum absolute atomic E-state index is 13.1. The van der Waals surface area contributed by atoms with Crippen molar-refractivity contribution in [1.29, 1.82) is 0 Å². The number of allylic oxidation sites excluding steroid dienone is 2. The quantitative estimate of drug-likeness (QED) is 0.180. The molecule has 9 nitrogen and oxygen atoms in total. The number of amides is 1. The summed E-state index contributed by atoms with van der Waals surface area (Å²) in [6.07, 6.45) is 12.4. The minimum Gasteiger partial charge on any atom is -0.464 e. The number of nitrogens with zero attached hydrogens (tertiary/aromatic N) is 2. The van der Waals surface area contributed by atoms with E-state index >= 15 is 0 Å². The summed E-state index contributed by atoms with van der Waals surface area (Å²) in [5, 5.41) is 8.29. The van der Waals surface area contributed by atoms with E-state index in [2.05, 4.69) is 33.8 Å². The summed E-state index contributed by atoms with van der Waals surface area (Å²) >= 11 is 0. The van der Waals surface area contributed by atoms with E-state index in [4.69, 9.17) is 14.5 Å². The van der Waals surface area contributed by atoms with Crippen LogP contribution in [0.2, 0.25) is 0 Å². The fourth-order valence-electron chi connectivity index (χ4n) is 5.25. The smallest absolute Gasteiger partial charge is 0.356 e. The number of esters is 1. The SMILES string of the molecule is COCCC(=O)Nc1c(C(=O)OC)n(CCc2c[nH]c3ccccc23)c2ncc(NCC3CC=CCC3)cc12. The Bertz CT molecular complexity index is 1500. The van der Waals surface area contributed by atoms with Crippen LogP contribution >= 0.6 is 0 Å². The molecule has 9 heteroatoms. The Labute approximate surface area is 227 Å². The van der Waals surface area contributed by atoms with E-state index in [-0.39, 0.29) is 24.6 Å². The first-order valence-corrected chi connectivity index (χ1v) is 13.4. The summed E-state index contributed by atoms with van der Waals surface area (Å²) in [6, 6.07) is 10.1. The van der Waals surface area contributed by atoms with Gasteiger partial charge in [-0.1, -0.05) is 30.4 Å². The first-order valence-electron chi connectivity index (χ1n) is 13.4. The van der Waals surface area contributed by atoms with Crippen LogP contribution in [0, 0.1) is 5.92 Å². The lowest BCUT2D eigenvalue weighted by Crippen LogP contribution is -2.18. The molecule has 3 aromatic heterocycles. The third-order valence-corrected chi connectivity index (χ3v) is 7.33. The summed E-state index contributed by atoms with van der Waals surface area (Å²) in [5.74, 6) is -0.215. The van der Waals surface area contributed by atoms with E-state index in [1.807, 2.05) is 35.0 Å². The van der Waals surface area contributed by atoms with Gasteiger partial charge in [0, 0.05) is 42.7 Å². The summed E-state index contributed by atoms with van der Waals surface area (Å²) in [5.41, 5.74) is 4.34. The molecule has 4 aromatic rings. The number of pyridine rings is 1. The molecule has 1 aliphatic rings. The average molecular weight is 530 g/mol. The van der Waals surface area contributed by atoms with E-state index in [9.17, 15) is 9.59 Å². The molecule has 0 fully saturated rings. The highest BCUT2D eigenvalue weighted by atomic mass is 16.5. The van der Waals surface area contributed by atoms with Gasteiger partial charge in [-0.3, -0.25) is 4.79 Å². The largest absolute Gasteiger partial charge is 0.464 e. The van der Waals surface area contributed by atoms with Crippen molar-refractivity contribution in [3.8, 4) is 0 Å². The molecule has 1 aromatic carbocycles. The number of aromatic nitrogens is 3. The van der Waals surface area contributed by atoms with Crippen LogP contribution in [0.15, 0.2) is 54.9 Å². The van der Waals surface area contributed by atoms with Crippen LogP contribution in [-0.4, -0.2) is 53.8 Å². The number of para-hydroxylation sites is 1. The molecule has 0 aliphatic heterocycles. The number of methoxy groups -OCH3 is 2. The van der Waals surface area contributed by atoms with Crippen molar-refractivity contribution < 1.29 is 19.1 Å². The average Bonchev–Trinajstić information content (AvgIpc) is 3.52. The van der Waals surface area contributed by atoms with Crippen molar-refractivity contribution in [2.45, 2.75) is 38.6 Å². The third kappa shape index (κ3) is 5.83. The van der Waals surface area contributed by atoms with E-state index in [0.717, 1.165) is 48.0 Å². The second-order valence-corrected chi connectivity index (χ2v) is 9.89. The van der Waals surface area contributed by atoms with Crippen molar-refractivity contribution in [1.82, 2.24) is 14.5 Å². The lowest BCUT2D eigenvalue weighted by Gasteiger charge is -2.18.